The van der Waals surface area contributed by atoms with E-state index in [1.54, 1.807) is 0 Å². The van der Waals surface area contributed by atoms with Crippen molar-refractivity contribution in [1.82, 2.24) is 9.80 Å². The third-order valence-corrected chi connectivity index (χ3v) is 2.06. The van der Waals surface area contributed by atoms with Crippen molar-refractivity contribution in [1.29, 1.82) is 0 Å². The Balaban J connectivity index is 2.35. The molecule has 1 fully saturated rings. The molecule has 1 aliphatic heterocycles. The molecule has 1 aliphatic rings. The van der Waals surface area contributed by atoms with Gasteiger partial charge in [0.15, 0.2) is 0 Å². The first-order valence-corrected chi connectivity index (χ1v) is 3.71. The van der Waals surface area contributed by atoms with Crippen LogP contribution in [0.2, 0.25) is 0 Å². The number of carbonyl (C=O) groups excluding carboxylic acids is 1. The van der Waals surface area contributed by atoms with E-state index in [4.69, 9.17) is 5.11 Å². The lowest BCUT2D eigenvalue weighted by Crippen LogP contribution is -2.60. The van der Waals surface area contributed by atoms with Crippen LogP contribution in [0.1, 0.15) is 0 Å². The maximum Gasteiger partial charge on any atom is 0.394 e. The highest BCUT2D eigenvalue weighted by Crippen LogP contribution is 2.11. The molecule has 0 unspecified atom stereocenters. The minimum Gasteiger partial charge on any atom is -0.474 e. The van der Waals surface area contributed by atoms with Gasteiger partial charge in [-0.05, 0) is 14.1 Å². The Morgan fingerprint density at radius 3 is 2.25 bits per heavy atom. The van der Waals surface area contributed by atoms with Crippen LogP contribution in [-0.4, -0.2) is 60.0 Å². The molecule has 1 amide bonds. The topological polar surface area (TPSA) is 60.9 Å². The average molecular weight is 172 g/mol. The molecule has 1 rings (SSSR count). The summed E-state index contributed by atoms with van der Waals surface area (Å²) in [5.74, 6) is -2.17. The van der Waals surface area contributed by atoms with E-state index in [9.17, 15) is 9.59 Å². The van der Waals surface area contributed by atoms with Crippen LogP contribution in [-0.2, 0) is 9.59 Å². The predicted molar refractivity (Wildman–Crippen MR) is 41.7 cm³/mol. The highest BCUT2D eigenvalue weighted by atomic mass is 16.4. The van der Waals surface area contributed by atoms with E-state index < -0.39 is 11.9 Å². The van der Waals surface area contributed by atoms with E-state index in [1.165, 1.54) is 4.90 Å². The Bertz CT molecular complexity index is 209. The van der Waals surface area contributed by atoms with Gasteiger partial charge in [-0.1, -0.05) is 0 Å². The summed E-state index contributed by atoms with van der Waals surface area (Å²) in [6.07, 6.45) is 0. The molecule has 5 nitrogen and oxygen atoms in total. The maximum absolute atomic E-state index is 10.8. The van der Waals surface area contributed by atoms with Gasteiger partial charge in [-0.15, -0.1) is 0 Å². The summed E-state index contributed by atoms with van der Waals surface area (Å²) in [6, 6.07) is 0.313. The van der Waals surface area contributed by atoms with Crippen LogP contribution in [0.15, 0.2) is 0 Å². The molecule has 1 saturated heterocycles. The number of aliphatic carboxylic acids is 1. The second-order valence-corrected chi connectivity index (χ2v) is 3.13. The van der Waals surface area contributed by atoms with Gasteiger partial charge in [-0.25, -0.2) is 4.79 Å². The fourth-order valence-corrected chi connectivity index (χ4v) is 1.08. The largest absolute Gasteiger partial charge is 0.474 e. The first-order chi connectivity index (χ1) is 5.52. The van der Waals surface area contributed by atoms with E-state index in [1.807, 2.05) is 19.0 Å². The van der Waals surface area contributed by atoms with Crippen molar-refractivity contribution in [3.63, 3.8) is 0 Å². The molecule has 0 saturated carbocycles. The number of carboxylic acid groups (broad SMARTS) is 1. The molecule has 0 bridgehead atoms. The molecule has 0 aromatic carbocycles. The minimum absolute atomic E-state index is 0.313. The van der Waals surface area contributed by atoms with Crippen molar-refractivity contribution < 1.29 is 14.7 Å². The van der Waals surface area contributed by atoms with Crippen molar-refractivity contribution in [3.05, 3.63) is 0 Å². The number of carbonyl (C=O) groups is 2. The van der Waals surface area contributed by atoms with E-state index >= 15 is 0 Å². The highest BCUT2D eigenvalue weighted by Gasteiger charge is 2.34. The smallest absolute Gasteiger partial charge is 0.394 e. The third-order valence-electron chi connectivity index (χ3n) is 2.06. The van der Waals surface area contributed by atoms with Gasteiger partial charge < -0.3 is 14.9 Å². The Morgan fingerprint density at radius 1 is 1.42 bits per heavy atom. The zero-order valence-electron chi connectivity index (χ0n) is 7.15. The molecule has 0 atom stereocenters. The van der Waals surface area contributed by atoms with E-state index in [-0.39, 0.29) is 0 Å². The molecule has 68 valence electrons. The van der Waals surface area contributed by atoms with E-state index in [0.29, 0.717) is 19.1 Å². The Hall–Kier alpha value is -1.10. The first-order valence-electron chi connectivity index (χ1n) is 3.71. The lowest BCUT2D eigenvalue weighted by molar-refractivity contribution is -0.159. The minimum atomic E-state index is -1.37. The standard InChI is InChI=1S/C7H12N2O3/c1-8(2)5-3-9(4-5)6(10)7(11)12/h5H,3-4H2,1-2H3,(H,11,12). The van der Waals surface area contributed by atoms with Crippen LogP contribution in [0.25, 0.3) is 0 Å². The van der Waals surface area contributed by atoms with Gasteiger partial charge in [0.2, 0.25) is 0 Å². The summed E-state index contributed by atoms with van der Waals surface area (Å²) >= 11 is 0. The second-order valence-electron chi connectivity index (χ2n) is 3.13. The van der Waals surface area contributed by atoms with Crippen LogP contribution in [0.3, 0.4) is 0 Å². The van der Waals surface area contributed by atoms with Gasteiger partial charge in [0.1, 0.15) is 0 Å². The molecular formula is C7H12N2O3. The number of nitrogens with zero attached hydrogens (tertiary/aromatic N) is 2. The SMILES string of the molecule is CN(C)C1CN(C(=O)C(=O)O)C1. The van der Waals surface area contributed by atoms with Crippen LogP contribution in [0, 0.1) is 0 Å². The summed E-state index contributed by atoms with van der Waals surface area (Å²) < 4.78 is 0. The van der Waals surface area contributed by atoms with Crippen LogP contribution in [0.4, 0.5) is 0 Å². The van der Waals surface area contributed by atoms with Crippen molar-refractivity contribution in [2.75, 3.05) is 27.2 Å². The van der Waals surface area contributed by atoms with Gasteiger partial charge in [-0.2, -0.15) is 0 Å². The molecule has 0 aliphatic carbocycles. The lowest BCUT2D eigenvalue weighted by Gasteiger charge is -2.41. The average Bonchev–Trinajstić information content (AvgIpc) is 1.82. The summed E-state index contributed by atoms with van der Waals surface area (Å²) in [5.41, 5.74) is 0. The number of hydrogen-bond acceptors (Lipinski definition) is 3. The Labute approximate surface area is 70.6 Å². The number of rotatable bonds is 1. The number of likely N-dealkylation sites (N-methyl/N-ethyl adjacent to an activating group) is 1. The third kappa shape index (κ3) is 1.55. The molecule has 0 spiro atoms. The number of carboxylic acids is 1. The Morgan fingerprint density at radius 2 is 1.92 bits per heavy atom. The molecule has 0 aromatic heterocycles. The zero-order valence-corrected chi connectivity index (χ0v) is 7.15. The number of hydrogen-bond donors (Lipinski definition) is 1. The van der Waals surface area contributed by atoms with E-state index in [0.717, 1.165) is 0 Å². The monoisotopic (exact) mass is 172 g/mol. The fraction of sp³-hybridized carbons (Fsp3) is 0.714. The van der Waals surface area contributed by atoms with Crippen LogP contribution < -0.4 is 0 Å². The van der Waals surface area contributed by atoms with Gasteiger partial charge in [0.25, 0.3) is 0 Å². The molecule has 12 heavy (non-hydrogen) atoms. The number of amides is 1. The van der Waals surface area contributed by atoms with Gasteiger partial charge in [0.05, 0.1) is 0 Å². The summed E-state index contributed by atoms with van der Waals surface area (Å²) in [5, 5.41) is 8.34. The second kappa shape index (κ2) is 3.10. The molecule has 0 aromatic rings. The predicted octanol–water partition coefficient (Wildman–Crippen LogP) is -1.16. The summed E-state index contributed by atoms with van der Waals surface area (Å²) in [7, 11) is 3.82. The van der Waals surface area contributed by atoms with Gasteiger partial charge >= 0.3 is 11.9 Å². The van der Waals surface area contributed by atoms with Gasteiger partial charge in [-0.3, -0.25) is 4.79 Å². The molecule has 0 radical (unpaired) electrons. The van der Waals surface area contributed by atoms with Crippen molar-refractivity contribution in [2.45, 2.75) is 6.04 Å². The molecule has 5 heteroatoms. The van der Waals surface area contributed by atoms with Crippen LogP contribution >= 0.6 is 0 Å². The quantitative estimate of drug-likeness (QED) is 0.507. The lowest BCUT2D eigenvalue weighted by atomic mass is 10.1. The number of likely N-dealkylation sites (tertiary alicyclic amines) is 1. The first kappa shape index (κ1) is 8.99. The van der Waals surface area contributed by atoms with Crippen molar-refractivity contribution in [3.8, 4) is 0 Å². The molecule has 1 N–H and O–H groups in total. The normalized spacial score (nSPS) is 17.8. The maximum atomic E-state index is 10.8. The Kier molecular flexibility index (Phi) is 2.32. The van der Waals surface area contributed by atoms with Gasteiger partial charge in [0, 0.05) is 19.1 Å². The molecular weight excluding hydrogens is 160 g/mol. The summed E-state index contributed by atoms with van der Waals surface area (Å²) in [4.78, 5) is 24.3. The van der Waals surface area contributed by atoms with Crippen molar-refractivity contribution >= 4 is 11.9 Å². The van der Waals surface area contributed by atoms with Crippen molar-refractivity contribution in [2.24, 2.45) is 0 Å². The highest BCUT2D eigenvalue weighted by molar-refractivity contribution is 6.31. The van der Waals surface area contributed by atoms with Crippen LogP contribution in [0.5, 0.6) is 0 Å². The fourth-order valence-electron chi connectivity index (χ4n) is 1.08. The summed E-state index contributed by atoms with van der Waals surface area (Å²) in [6.45, 7) is 1.05. The zero-order chi connectivity index (χ0) is 9.30. The van der Waals surface area contributed by atoms with E-state index in [2.05, 4.69) is 0 Å². The molecule has 1 heterocycles.